The zero-order chi connectivity index (χ0) is 17.9. The zero-order valence-corrected chi connectivity index (χ0v) is 14.2. The molecule has 0 spiro atoms. The Morgan fingerprint density at radius 1 is 1.27 bits per heavy atom. The lowest BCUT2D eigenvalue weighted by molar-refractivity contribution is 0.0947. The highest BCUT2D eigenvalue weighted by atomic mass is 16.7. The Kier molecular flexibility index (Phi) is 4.22. The SMILES string of the molecule is Cn1ncc(C(=O)NCCOc2ccc3c(c2)OCO3)c1-n1cccc1. The van der Waals surface area contributed by atoms with E-state index in [2.05, 4.69) is 10.4 Å². The van der Waals surface area contributed by atoms with Crippen LogP contribution in [0.4, 0.5) is 0 Å². The van der Waals surface area contributed by atoms with Gasteiger partial charge in [-0.1, -0.05) is 0 Å². The van der Waals surface area contributed by atoms with Gasteiger partial charge in [0.15, 0.2) is 11.5 Å². The molecule has 1 amide bonds. The van der Waals surface area contributed by atoms with Crippen LogP contribution in [0.25, 0.3) is 5.82 Å². The van der Waals surface area contributed by atoms with Gasteiger partial charge in [-0.2, -0.15) is 5.10 Å². The van der Waals surface area contributed by atoms with Crippen LogP contribution in [0.3, 0.4) is 0 Å². The van der Waals surface area contributed by atoms with Crippen molar-refractivity contribution in [3.63, 3.8) is 0 Å². The third-order valence-electron chi connectivity index (χ3n) is 4.00. The average molecular weight is 354 g/mol. The lowest BCUT2D eigenvalue weighted by Gasteiger charge is -2.10. The number of fused-ring (bicyclic) bond motifs is 1. The summed E-state index contributed by atoms with van der Waals surface area (Å²) in [4.78, 5) is 12.5. The molecule has 0 saturated heterocycles. The van der Waals surface area contributed by atoms with E-state index < -0.39 is 0 Å². The monoisotopic (exact) mass is 354 g/mol. The Labute approximate surface area is 149 Å². The number of amides is 1. The second-order valence-corrected chi connectivity index (χ2v) is 5.72. The van der Waals surface area contributed by atoms with E-state index in [1.807, 2.05) is 29.1 Å². The van der Waals surface area contributed by atoms with Gasteiger partial charge >= 0.3 is 0 Å². The number of hydrogen-bond acceptors (Lipinski definition) is 5. The van der Waals surface area contributed by atoms with Gasteiger partial charge in [-0.15, -0.1) is 0 Å². The minimum atomic E-state index is -0.198. The molecule has 3 heterocycles. The number of aryl methyl sites for hydroxylation is 1. The fraction of sp³-hybridized carbons (Fsp3) is 0.222. The Balaban J connectivity index is 1.34. The summed E-state index contributed by atoms with van der Waals surface area (Å²) in [7, 11) is 1.80. The van der Waals surface area contributed by atoms with Crippen LogP contribution in [-0.2, 0) is 7.05 Å². The van der Waals surface area contributed by atoms with E-state index in [9.17, 15) is 4.79 Å². The maximum atomic E-state index is 12.5. The van der Waals surface area contributed by atoms with Crippen LogP contribution >= 0.6 is 0 Å². The molecule has 3 aromatic rings. The van der Waals surface area contributed by atoms with Crippen molar-refractivity contribution >= 4 is 5.91 Å². The van der Waals surface area contributed by atoms with Crippen molar-refractivity contribution in [2.24, 2.45) is 7.05 Å². The van der Waals surface area contributed by atoms with Crippen LogP contribution in [-0.4, -0.2) is 40.2 Å². The highest BCUT2D eigenvalue weighted by molar-refractivity contribution is 5.97. The van der Waals surface area contributed by atoms with E-state index in [0.717, 1.165) is 0 Å². The molecular weight excluding hydrogens is 336 g/mol. The number of ether oxygens (including phenoxy) is 3. The van der Waals surface area contributed by atoms with Gasteiger partial charge in [-0.3, -0.25) is 9.48 Å². The van der Waals surface area contributed by atoms with Gasteiger partial charge < -0.3 is 24.1 Å². The minimum absolute atomic E-state index is 0.198. The van der Waals surface area contributed by atoms with E-state index in [-0.39, 0.29) is 12.7 Å². The summed E-state index contributed by atoms with van der Waals surface area (Å²) in [6.07, 6.45) is 5.30. The number of carbonyl (C=O) groups is 1. The number of rotatable bonds is 6. The first-order chi connectivity index (χ1) is 12.7. The molecule has 0 saturated carbocycles. The summed E-state index contributed by atoms with van der Waals surface area (Å²) in [5.41, 5.74) is 0.506. The molecule has 134 valence electrons. The Bertz CT molecular complexity index is 917. The predicted molar refractivity (Wildman–Crippen MR) is 92.9 cm³/mol. The number of hydrogen-bond donors (Lipinski definition) is 1. The van der Waals surface area contributed by atoms with Crippen molar-refractivity contribution < 1.29 is 19.0 Å². The lowest BCUT2D eigenvalue weighted by atomic mass is 10.3. The van der Waals surface area contributed by atoms with Crippen LogP contribution < -0.4 is 19.5 Å². The molecule has 8 nitrogen and oxygen atoms in total. The average Bonchev–Trinajstić information content (AvgIpc) is 3.38. The summed E-state index contributed by atoms with van der Waals surface area (Å²) in [5.74, 6) is 2.55. The summed E-state index contributed by atoms with van der Waals surface area (Å²) < 4.78 is 19.7. The molecule has 1 aromatic carbocycles. The third-order valence-corrected chi connectivity index (χ3v) is 4.00. The quantitative estimate of drug-likeness (QED) is 0.682. The Morgan fingerprint density at radius 2 is 2.08 bits per heavy atom. The molecule has 0 unspecified atom stereocenters. The van der Waals surface area contributed by atoms with E-state index in [1.54, 1.807) is 36.1 Å². The fourth-order valence-electron chi connectivity index (χ4n) is 2.77. The molecule has 0 atom stereocenters. The lowest BCUT2D eigenvalue weighted by Crippen LogP contribution is -2.28. The van der Waals surface area contributed by atoms with E-state index >= 15 is 0 Å². The molecule has 0 radical (unpaired) electrons. The van der Waals surface area contributed by atoms with Crippen LogP contribution in [0.5, 0.6) is 17.2 Å². The first-order valence-corrected chi connectivity index (χ1v) is 8.18. The predicted octanol–water partition coefficient (Wildman–Crippen LogP) is 1.75. The molecule has 1 N–H and O–H groups in total. The smallest absolute Gasteiger partial charge is 0.256 e. The largest absolute Gasteiger partial charge is 0.492 e. The summed E-state index contributed by atoms with van der Waals surface area (Å²) in [6, 6.07) is 9.17. The number of benzene rings is 1. The molecule has 1 aliphatic heterocycles. The number of nitrogens with one attached hydrogen (secondary N) is 1. The molecule has 1 aliphatic rings. The van der Waals surface area contributed by atoms with Gasteiger partial charge in [0.2, 0.25) is 6.79 Å². The van der Waals surface area contributed by atoms with Crippen molar-refractivity contribution in [2.45, 2.75) is 0 Å². The molecule has 0 fully saturated rings. The second-order valence-electron chi connectivity index (χ2n) is 5.72. The Hall–Kier alpha value is -3.42. The summed E-state index contributed by atoms with van der Waals surface area (Å²) in [5, 5.41) is 7.03. The van der Waals surface area contributed by atoms with E-state index in [1.165, 1.54) is 0 Å². The number of carbonyl (C=O) groups excluding carboxylic acids is 1. The minimum Gasteiger partial charge on any atom is -0.492 e. The molecule has 0 aliphatic carbocycles. The van der Waals surface area contributed by atoms with Crippen LogP contribution in [0.2, 0.25) is 0 Å². The van der Waals surface area contributed by atoms with Crippen LogP contribution in [0.1, 0.15) is 10.4 Å². The highest BCUT2D eigenvalue weighted by Gasteiger charge is 2.17. The Morgan fingerprint density at radius 3 is 2.92 bits per heavy atom. The zero-order valence-electron chi connectivity index (χ0n) is 14.2. The maximum absolute atomic E-state index is 12.5. The topological polar surface area (TPSA) is 79.5 Å². The first kappa shape index (κ1) is 16.1. The second kappa shape index (κ2) is 6.83. The van der Waals surface area contributed by atoms with Crippen molar-refractivity contribution in [2.75, 3.05) is 19.9 Å². The number of aromatic nitrogens is 3. The van der Waals surface area contributed by atoms with Crippen molar-refractivity contribution in [1.82, 2.24) is 19.7 Å². The van der Waals surface area contributed by atoms with Crippen LogP contribution in [0.15, 0.2) is 48.9 Å². The van der Waals surface area contributed by atoms with E-state index in [4.69, 9.17) is 14.2 Å². The molecule has 8 heteroatoms. The molecule has 4 rings (SSSR count). The van der Waals surface area contributed by atoms with Gasteiger partial charge in [0, 0.05) is 25.5 Å². The molecular formula is C18H18N4O4. The fourth-order valence-corrected chi connectivity index (χ4v) is 2.77. The summed E-state index contributed by atoms with van der Waals surface area (Å²) in [6.45, 7) is 0.932. The molecule has 26 heavy (non-hydrogen) atoms. The van der Waals surface area contributed by atoms with Crippen molar-refractivity contribution in [3.8, 4) is 23.1 Å². The van der Waals surface area contributed by atoms with E-state index in [0.29, 0.717) is 41.8 Å². The molecule has 0 bridgehead atoms. The van der Waals surface area contributed by atoms with Crippen LogP contribution in [0, 0.1) is 0 Å². The maximum Gasteiger partial charge on any atom is 0.256 e. The third kappa shape index (κ3) is 3.08. The van der Waals surface area contributed by atoms with Crippen molar-refractivity contribution in [3.05, 3.63) is 54.5 Å². The summed E-state index contributed by atoms with van der Waals surface area (Å²) >= 11 is 0. The van der Waals surface area contributed by atoms with Gasteiger partial charge in [0.25, 0.3) is 5.91 Å². The van der Waals surface area contributed by atoms with Gasteiger partial charge in [-0.05, 0) is 24.3 Å². The highest BCUT2D eigenvalue weighted by Crippen LogP contribution is 2.34. The first-order valence-electron chi connectivity index (χ1n) is 8.18. The van der Waals surface area contributed by atoms with Gasteiger partial charge in [0.1, 0.15) is 23.7 Å². The van der Waals surface area contributed by atoms with Crippen molar-refractivity contribution in [1.29, 1.82) is 0 Å². The normalized spacial score (nSPS) is 12.2. The molecule has 2 aromatic heterocycles. The van der Waals surface area contributed by atoms with Gasteiger partial charge in [-0.25, -0.2) is 0 Å². The number of nitrogens with zero attached hydrogens (tertiary/aromatic N) is 3. The standard InChI is InChI=1S/C18H18N4O4/c1-21-18(22-7-2-3-8-22)14(11-20-21)17(23)19-6-9-24-13-4-5-15-16(10-13)26-12-25-15/h2-5,7-8,10-11H,6,9,12H2,1H3,(H,19,23). The van der Waals surface area contributed by atoms with Gasteiger partial charge in [0.05, 0.1) is 12.7 Å².